The van der Waals surface area contributed by atoms with Gasteiger partial charge in [0.15, 0.2) is 0 Å². The van der Waals surface area contributed by atoms with Crippen molar-refractivity contribution in [2.45, 2.75) is 19.3 Å². The Morgan fingerprint density at radius 1 is 0.913 bits per heavy atom. The van der Waals surface area contributed by atoms with Crippen LogP contribution in [-0.4, -0.2) is 19.4 Å². The maximum Gasteiger partial charge on any atom is 0.150 e. The van der Waals surface area contributed by atoms with Gasteiger partial charge in [0.2, 0.25) is 0 Å². The molecule has 2 aromatic carbocycles. The first-order valence-electron chi connectivity index (χ1n) is 8.18. The molecule has 1 saturated heterocycles. The lowest BCUT2D eigenvalue weighted by Gasteiger charge is -2.28. The second kappa shape index (κ2) is 5.92. The average Bonchev–Trinajstić information content (AvgIpc) is 3.06. The van der Waals surface area contributed by atoms with E-state index < -0.39 is 0 Å². The highest BCUT2D eigenvalue weighted by Gasteiger charge is 2.13. The SMILES string of the molecule is O=Cc1ccc(-c2cc3cc(N4CCCCC4)ccc3o2)cc1. The van der Waals surface area contributed by atoms with Crippen LogP contribution in [0.15, 0.2) is 52.9 Å². The van der Waals surface area contributed by atoms with E-state index in [-0.39, 0.29) is 0 Å². The van der Waals surface area contributed by atoms with Gasteiger partial charge in [0.25, 0.3) is 0 Å². The molecule has 1 aliphatic heterocycles. The summed E-state index contributed by atoms with van der Waals surface area (Å²) in [6.45, 7) is 2.28. The van der Waals surface area contributed by atoms with E-state index in [1.807, 2.05) is 24.3 Å². The molecule has 0 atom stereocenters. The zero-order chi connectivity index (χ0) is 15.6. The third-order valence-corrected chi connectivity index (χ3v) is 4.55. The molecule has 1 aliphatic rings. The Balaban J connectivity index is 1.68. The van der Waals surface area contributed by atoms with Gasteiger partial charge in [-0.05, 0) is 43.5 Å². The van der Waals surface area contributed by atoms with Crippen molar-refractivity contribution in [2.75, 3.05) is 18.0 Å². The molecule has 0 saturated carbocycles. The Morgan fingerprint density at radius 3 is 2.43 bits per heavy atom. The van der Waals surface area contributed by atoms with Crippen LogP contribution in [0.1, 0.15) is 29.6 Å². The number of furan rings is 1. The van der Waals surface area contributed by atoms with E-state index in [4.69, 9.17) is 4.42 Å². The first-order chi connectivity index (χ1) is 11.3. The summed E-state index contributed by atoms with van der Waals surface area (Å²) in [4.78, 5) is 13.2. The summed E-state index contributed by atoms with van der Waals surface area (Å²) >= 11 is 0. The lowest BCUT2D eigenvalue weighted by Crippen LogP contribution is -2.29. The van der Waals surface area contributed by atoms with Crippen LogP contribution < -0.4 is 4.90 Å². The number of benzene rings is 2. The molecule has 4 rings (SSSR count). The minimum absolute atomic E-state index is 0.678. The van der Waals surface area contributed by atoms with E-state index in [0.717, 1.165) is 41.7 Å². The molecule has 0 N–H and O–H groups in total. The highest BCUT2D eigenvalue weighted by molar-refractivity contribution is 5.86. The van der Waals surface area contributed by atoms with Crippen molar-refractivity contribution < 1.29 is 9.21 Å². The van der Waals surface area contributed by atoms with Gasteiger partial charge in [-0.1, -0.05) is 24.3 Å². The topological polar surface area (TPSA) is 33.5 Å². The molecular weight excluding hydrogens is 286 g/mol. The van der Waals surface area contributed by atoms with Crippen LogP contribution in [0.5, 0.6) is 0 Å². The molecule has 3 aromatic rings. The summed E-state index contributed by atoms with van der Waals surface area (Å²) in [5.74, 6) is 0.841. The van der Waals surface area contributed by atoms with Gasteiger partial charge in [-0.15, -0.1) is 0 Å². The first-order valence-corrected chi connectivity index (χ1v) is 8.18. The number of carbonyl (C=O) groups is 1. The summed E-state index contributed by atoms with van der Waals surface area (Å²) in [5.41, 5.74) is 3.85. The van der Waals surface area contributed by atoms with E-state index in [1.54, 1.807) is 0 Å². The van der Waals surface area contributed by atoms with Crippen LogP contribution in [-0.2, 0) is 0 Å². The fourth-order valence-electron chi connectivity index (χ4n) is 3.25. The van der Waals surface area contributed by atoms with Crippen molar-refractivity contribution in [1.82, 2.24) is 0 Å². The smallest absolute Gasteiger partial charge is 0.150 e. The largest absolute Gasteiger partial charge is 0.456 e. The molecule has 0 spiro atoms. The molecule has 0 bridgehead atoms. The molecule has 3 heteroatoms. The molecule has 23 heavy (non-hydrogen) atoms. The number of aldehydes is 1. The minimum atomic E-state index is 0.678. The van der Waals surface area contributed by atoms with Crippen molar-refractivity contribution in [1.29, 1.82) is 0 Å². The minimum Gasteiger partial charge on any atom is -0.456 e. The van der Waals surface area contributed by atoms with Crippen LogP contribution in [0.2, 0.25) is 0 Å². The van der Waals surface area contributed by atoms with Gasteiger partial charge in [-0.25, -0.2) is 0 Å². The number of hydrogen-bond acceptors (Lipinski definition) is 3. The number of anilines is 1. The van der Waals surface area contributed by atoms with Crippen LogP contribution in [0, 0.1) is 0 Å². The Morgan fingerprint density at radius 2 is 1.70 bits per heavy atom. The highest BCUT2D eigenvalue weighted by atomic mass is 16.3. The third-order valence-electron chi connectivity index (χ3n) is 4.55. The predicted octanol–water partition coefficient (Wildman–Crippen LogP) is 4.90. The lowest BCUT2D eigenvalue weighted by molar-refractivity contribution is 0.112. The van der Waals surface area contributed by atoms with Crippen molar-refractivity contribution >= 4 is 22.9 Å². The van der Waals surface area contributed by atoms with E-state index in [9.17, 15) is 4.79 Å². The maximum absolute atomic E-state index is 10.8. The van der Waals surface area contributed by atoms with Gasteiger partial charge in [0.1, 0.15) is 17.6 Å². The van der Waals surface area contributed by atoms with Gasteiger partial charge < -0.3 is 9.32 Å². The molecule has 116 valence electrons. The number of hydrogen-bond donors (Lipinski definition) is 0. The quantitative estimate of drug-likeness (QED) is 0.645. The first kappa shape index (κ1) is 14.1. The molecule has 3 nitrogen and oxygen atoms in total. The molecule has 1 fully saturated rings. The van der Waals surface area contributed by atoms with Crippen LogP contribution in [0.4, 0.5) is 5.69 Å². The summed E-state index contributed by atoms with van der Waals surface area (Å²) in [5, 5.41) is 1.13. The van der Waals surface area contributed by atoms with Crippen molar-refractivity contribution in [2.24, 2.45) is 0 Å². The monoisotopic (exact) mass is 305 g/mol. The van der Waals surface area contributed by atoms with Gasteiger partial charge in [0, 0.05) is 35.3 Å². The van der Waals surface area contributed by atoms with E-state index >= 15 is 0 Å². The Bertz CT molecular complexity index is 826. The molecule has 2 heterocycles. The van der Waals surface area contributed by atoms with Gasteiger partial charge in [-0.3, -0.25) is 4.79 Å². The normalized spacial score (nSPS) is 15.0. The van der Waals surface area contributed by atoms with E-state index in [0.29, 0.717) is 5.56 Å². The predicted molar refractivity (Wildman–Crippen MR) is 93.1 cm³/mol. The van der Waals surface area contributed by atoms with Gasteiger partial charge in [-0.2, -0.15) is 0 Å². The number of fused-ring (bicyclic) bond motifs is 1. The van der Waals surface area contributed by atoms with E-state index in [2.05, 4.69) is 29.2 Å². The zero-order valence-corrected chi connectivity index (χ0v) is 13.0. The molecule has 0 unspecified atom stereocenters. The van der Waals surface area contributed by atoms with E-state index in [1.165, 1.54) is 24.9 Å². The number of nitrogens with zero attached hydrogens (tertiary/aromatic N) is 1. The molecule has 0 radical (unpaired) electrons. The van der Waals surface area contributed by atoms with Crippen LogP contribution >= 0.6 is 0 Å². The maximum atomic E-state index is 10.8. The summed E-state index contributed by atoms with van der Waals surface area (Å²) < 4.78 is 5.96. The summed E-state index contributed by atoms with van der Waals surface area (Å²) in [6, 6.07) is 16.0. The van der Waals surface area contributed by atoms with Crippen LogP contribution in [0.3, 0.4) is 0 Å². The van der Waals surface area contributed by atoms with Gasteiger partial charge >= 0.3 is 0 Å². The Labute approximate surface area is 135 Å². The van der Waals surface area contributed by atoms with Gasteiger partial charge in [0.05, 0.1) is 0 Å². The molecule has 0 amide bonds. The number of carbonyl (C=O) groups excluding carboxylic acids is 1. The number of piperidine rings is 1. The van der Waals surface area contributed by atoms with Crippen LogP contribution in [0.25, 0.3) is 22.3 Å². The summed E-state index contributed by atoms with van der Waals surface area (Å²) in [7, 11) is 0. The summed E-state index contributed by atoms with van der Waals surface area (Å²) in [6.07, 6.45) is 4.74. The average molecular weight is 305 g/mol. The van der Waals surface area contributed by atoms with Crippen molar-refractivity contribution in [3.8, 4) is 11.3 Å². The van der Waals surface area contributed by atoms with Crippen molar-refractivity contribution in [3.05, 3.63) is 54.1 Å². The Kier molecular flexibility index (Phi) is 3.62. The van der Waals surface area contributed by atoms with Crippen molar-refractivity contribution in [3.63, 3.8) is 0 Å². The lowest BCUT2D eigenvalue weighted by atomic mass is 10.1. The number of rotatable bonds is 3. The zero-order valence-electron chi connectivity index (χ0n) is 13.0. The highest BCUT2D eigenvalue weighted by Crippen LogP contribution is 2.31. The third kappa shape index (κ3) is 2.74. The second-order valence-corrected chi connectivity index (χ2v) is 6.12. The molecular formula is C20H19NO2. The standard InChI is InChI=1S/C20H19NO2/c22-14-15-4-6-16(7-5-15)20-13-17-12-18(8-9-19(17)23-20)21-10-2-1-3-11-21/h4-9,12-14H,1-3,10-11H2. The second-order valence-electron chi connectivity index (χ2n) is 6.12. The fraction of sp³-hybridized carbons (Fsp3) is 0.250. The fourth-order valence-corrected chi connectivity index (χ4v) is 3.25. The molecule has 0 aliphatic carbocycles. The Hall–Kier alpha value is -2.55. The molecule has 1 aromatic heterocycles.